The monoisotopic (exact) mass is 369 g/mol. The van der Waals surface area contributed by atoms with Crippen molar-refractivity contribution >= 4 is 23.5 Å². The molecule has 0 saturated heterocycles. The number of rotatable bonds is 4. The van der Waals surface area contributed by atoms with E-state index in [0.717, 1.165) is 24.6 Å². The molecule has 1 aliphatic heterocycles. The number of hydrogen-bond donors (Lipinski definition) is 1. The number of allylic oxidation sites excluding steroid dienone is 1. The van der Waals surface area contributed by atoms with Crippen molar-refractivity contribution < 1.29 is 14.0 Å². The molecule has 1 aromatic rings. The van der Waals surface area contributed by atoms with Gasteiger partial charge in [0.15, 0.2) is 5.78 Å². The molecular weight excluding hydrogens is 353 g/mol. The second-order valence-corrected chi connectivity index (χ2v) is 7.43. The maximum absolute atomic E-state index is 13.0. The maximum Gasteiger partial charge on any atom is 0.243 e. The summed E-state index contributed by atoms with van der Waals surface area (Å²) >= 11 is 1.09. The fraction of sp³-hybridized carbons (Fsp3) is 0.368. The molecule has 7 heteroatoms. The molecule has 1 heterocycles. The van der Waals surface area contributed by atoms with Crippen molar-refractivity contribution in [3.05, 3.63) is 46.2 Å². The van der Waals surface area contributed by atoms with Gasteiger partial charge in [-0.25, -0.2) is 4.39 Å². The highest BCUT2D eigenvalue weighted by atomic mass is 32.2. The van der Waals surface area contributed by atoms with Crippen molar-refractivity contribution in [2.45, 2.75) is 25.7 Å². The number of ketones is 1. The Kier molecular flexibility index (Phi) is 5.11. The molecule has 1 spiro atoms. The highest BCUT2D eigenvalue weighted by Crippen LogP contribution is 2.53. The molecule has 1 amide bonds. The summed E-state index contributed by atoms with van der Waals surface area (Å²) in [5.41, 5.74) is 0.0243. The molecule has 1 fully saturated rings. The standard InChI is InChI=1S/C19H16FN3O2S/c20-13-5-3-12(4-6-13)16(24)11-26-18-15(10-22)19(7-1-2-8-19)14(9-21)17(25)23-18/h3-6,14H,1-2,7-8,11H2,(H,23,25)/t14-/m1/s1. The number of nitriles is 2. The number of benzene rings is 1. The van der Waals surface area contributed by atoms with Crippen LogP contribution in [0.2, 0.25) is 0 Å². The summed E-state index contributed by atoms with van der Waals surface area (Å²) in [6, 6.07) is 9.47. The lowest BCUT2D eigenvalue weighted by Gasteiger charge is -2.37. The van der Waals surface area contributed by atoms with Gasteiger partial charge in [-0.05, 0) is 37.1 Å². The van der Waals surface area contributed by atoms with Crippen LogP contribution in [0.25, 0.3) is 0 Å². The summed E-state index contributed by atoms with van der Waals surface area (Å²) in [5, 5.41) is 22.1. The Morgan fingerprint density at radius 2 is 1.92 bits per heavy atom. The first-order chi connectivity index (χ1) is 12.5. The van der Waals surface area contributed by atoms with Crippen molar-refractivity contribution in [3.8, 4) is 12.1 Å². The first-order valence-electron chi connectivity index (χ1n) is 8.29. The molecule has 0 radical (unpaired) electrons. The topological polar surface area (TPSA) is 93.8 Å². The number of amides is 1. The maximum atomic E-state index is 13.0. The SMILES string of the molecule is N#CC1=C(SCC(=O)c2ccc(F)cc2)NC(=O)[C@@H](C#N)C12CCCC2. The van der Waals surface area contributed by atoms with Crippen molar-refractivity contribution in [2.24, 2.45) is 11.3 Å². The molecule has 26 heavy (non-hydrogen) atoms. The molecule has 1 N–H and O–H groups in total. The first kappa shape index (κ1) is 18.2. The van der Waals surface area contributed by atoms with E-state index in [0.29, 0.717) is 29.0 Å². The van der Waals surface area contributed by atoms with Crippen LogP contribution in [0.4, 0.5) is 4.39 Å². The van der Waals surface area contributed by atoms with Crippen LogP contribution < -0.4 is 5.32 Å². The van der Waals surface area contributed by atoms with Crippen LogP contribution in [0.3, 0.4) is 0 Å². The highest BCUT2D eigenvalue weighted by molar-refractivity contribution is 8.03. The number of hydrogen-bond acceptors (Lipinski definition) is 5. The number of halogens is 1. The van der Waals surface area contributed by atoms with Gasteiger partial charge in [-0.15, -0.1) is 0 Å². The van der Waals surface area contributed by atoms with Gasteiger partial charge < -0.3 is 5.32 Å². The minimum atomic E-state index is -0.878. The minimum Gasteiger partial charge on any atom is -0.319 e. The molecule has 1 atom stereocenters. The average molecular weight is 369 g/mol. The quantitative estimate of drug-likeness (QED) is 0.822. The van der Waals surface area contributed by atoms with Gasteiger partial charge in [0.05, 0.1) is 28.5 Å². The number of nitrogens with zero attached hydrogens (tertiary/aromatic N) is 2. The fourth-order valence-electron chi connectivity index (χ4n) is 3.72. The number of carbonyl (C=O) groups is 2. The summed E-state index contributed by atoms with van der Waals surface area (Å²) < 4.78 is 13.0. The van der Waals surface area contributed by atoms with E-state index < -0.39 is 23.1 Å². The Labute approximate surface area is 154 Å². The van der Waals surface area contributed by atoms with E-state index in [1.807, 2.05) is 0 Å². The van der Waals surface area contributed by atoms with E-state index in [-0.39, 0.29) is 11.5 Å². The van der Waals surface area contributed by atoms with Crippen LogP contribution >= 0.6 is 11.8 Å². The lowest BCUT2D eigenvalue weighted by Crippen LogP contribution is -2.46. The number of carbonyl (C=O) groups excluding carboxylic acids is 2. The van der Waals surface area contributed by atoms with Crippen molar-refractivity contribution in [1.82, 2.24) is 5.32 Å². The Morgan fingerprint density at radius 3 is 2.50 bits per heavy atom. The van der Waals surface area contributed by atoms with Crippen molar-refractivity contribution in [2.75, 3.05) is 5.75 Å². The molecule has 1 aromatic carbocycles. The van der Waals surface area contributed by atoms with Crippen LogP contribution in [0.5, 0.6) is 0 Å². The molecule has 0 bridgehead atoms. The van der Waals surface area contributed by atoms with Gasteiger partial charge in [-0.3, -0.25) is 9.59 Å². The smallest absolute Gasteiger partial charge is 0.243 e. The number of thioether (sulfide) groups is 1. The average Bonchev–Trinajstić information content (AvgIpc) is 3.10. The van der Waals surface area contributed by atoms with Gasteiger partial charge >= 0.3 is 0 Å². The van der Waals surface area contributed by atoms with Gasteiger partial charge in [0.25, 0.3) is 0 Å². The summed E-state index contributed by atoms with van der Waals surface area (Å²) in [7, 11) is 0. The molecule has 1 saturated carbocycles. The molecule has 132 valence electrons. The number of Topliss-reactive ketones (excluding diaryl/α,β-unsaturated/α-hetero) is 1. The van der Waals surface area contributed by atoms with E-state index in [9.17, 15) is 24.5 Å². The molecule has 1 aliphatic carbocycles. The van der Waals surface area contributed by atoms with E-state index in [1.54, 1.807) is 0 Å². The van der Waals surface area contributed by atoms with Crippen LogP contribution in [0.15, 0.2) is 34.9 Å². The van der Waals surface area contributed by atoms with Crippen LogP contribution in [-0.4, -0.2) is 17.4 Å². The Balaban J connectivity index is 1.86. The summed E-state index contributed by atoms with van der Waals surface area (Å²) in [4.78, 5) is 24.7. The third-order valence-corrected chi connectivity index (χ3v) is 6.03. The third kappa shape index (κ3) is 3.11. The lowest BCUT2D eigenvalue weighted by atomic mass is 9.67. The molecule has 0 aromatic heterocycles. The van der Waals surface area contributed by atoms with Crippen molar-refractivity contribution in [3.63, 3.8) is 0 Å². The van der Waals surface area contributed by atoms with Gasteiger partial charge in [-0.1, -0.05) is 24.6 Å². The largest absolute Gasteiger partial charge is 0.319 e. The Morgan fingerprint density at radius 1 is 1.27 bits per heavy atom. The van der Waals surface area contributed by atoms with E-state index in [2.05, 4.69) is 17.5 Å². The lowest BCUT2D eigenvalue weighted by molar-refractivity contribution is -0.126. The van der Waals surface area contributed by atoms with E-state index in [4.69, 9.17) is 0 Å². The summed E-state index contributed by atoms with van der Waals surface area (Å²) in [6.07, 6.45) is 2.97. The molecule has 5 nitrogen and oxygen atoms in total. The van der Waals surface area contributed by atoms with Gasteiger partial charge in [0, 0.05) is 11.0 Å². The molecule has 0 unspecified atom stereocenters. The summed E-state index contributed by atoms with van der Waals surface area (Å²) in [6.45, 7) is 0. The van der Waals surface area contributed by atoms with Gasteiger partial charge in [0.2, 0.25) is 5.91 Å². The van der Waals surface area contributed by atoms with E-state index >= 15 is 0 Å². The van der Waals surface area contributed by atoms with E-state index in [1.165, 1.54) is 24.3 Å². The third-order valence-electron chi connectivity index (χ3n) is 5.03. The predicted octanol–water partition coefficient (Wildman–Crippen LogP) is 3.31. The normalized spacial score (nSPS) is 21.2. The second kappa shape index (κ2) is 7.31. The van der Waals surface area contributed by atoms with Crippen molar-refractivity contribution in [1.29, 1.82) is 10.5 Å². The molecule has 3 rings (SSSR count). The fourth-order valence-corrected chi connectivity index (χ4v) is 4.73. The number of nitrogens with one attached hydrogen (secondary N) is 1. The predicted molar refractivity (Wildman–Crippen MR) is 94.0 cm³/mol. The van der Waals surface area contributed by atoms with Gasteiger partial charge in [0.1, 0.15) is 11.7 Å². The van der Waals surface area contributed by atoms with Gasteiger partial charge in [-0.2, -0.15) is 10.5 Å². The summed E-state index contributed by atoms with van der Waals surface area (Å²) in [5.74, 6) is -1.92. The Bertz CT molecular complexity index is 858. The molecule has 2 aliphatic rings. The zero-order chi connectivity index (χ0) is 18.7. The van der Waals surface area contributed by atoms with Crippen LogP contribution in [0.1, 0.15) is 36.0 Å². The van der Waals surface area contributed by atoms with Crippen LogP contribution in [0, 0.1) is 39.8 Å². The zero-order valence-electron chi connectivity index (χ0n) is 13.9. The highest BCUT2D eigenvalue weighted by Gasteiger charge is 2.52. The zero-order valence-corrected chi connectivity index (χ0v) is 14.7. The molecular formula is C19H16FN3O2S. The minimum absolute atomic E-state index is 0.0136. The Hall–Kier alpha value is -2.64. The second-order valence-electron chi connectivity index (χ2n) is 6.45. The van der Waals surface area contributed by atoms with Crippen LogP contribution in [-0.2, 0) is 4.79 Å². The first-order valence-corrected chi connectivity index (χ1v) is 9.27.